The van der Waals surface area contributed by atoms with Gasteiger partial charge >= 0.3 is 0 Å². The van der Waals surface area contributed by atoms with Crippen LogP contribution in [0.5, 0.6) is 28.7 Å². The largest absolute Gasteiger partial charge is 0.497 e. The molecule has 0 aliphatic carbocycles. The second-order valence-electron chi connectivity index (χ2n) is 9.08. The Balaban J connectivity index is 1.39. The first kappa shape index (κ1) is 28.6. The van der Waals surface area contributed by atoms with Crippen molar-refractivity contribution < 1.29 is 23.7 Å². The molecule has 4 aromatic carbocycles. The highest BCUT2D eigenvalue weighted by molar-refractivity contribution is 7.99. The maximum absolute atomic E-state index is 12.8. The summed E-state index contributed by atoms with van der Waals surface area (Å²) in [5.41, 5.74) is 2.47. The number of ether oxygens (including phenoxy) is 4. The summed E-state index contributed by atoms with van der Waals surface area (Å²) >= 11 is 1.30. The van der Waals surface area contributed by atoms with Crippen LogP contribution in [0.1, 0.15) is 11.4 Å². The molecule has 0 saturated carbocycles. The molecular formula is C32H30N4O5S. The summed E-state index contributed by atoms with van der Waals surface area (Å²) in [5.74, 6) is 4.07. The minimum absolute atomic E-state index is 0.140. The van der Waals surface area contributed by atoms with Gasteiger partial charge in [-0.05, 0) is 66.2 Å². The van der Waals surface area contributed by atoms with Gasteiger partial charge in [0.1, 0.15) is 23.1 Å². The molecule has 1 aromatic heterocycles. The number of carbonyl (C=O) groups is 1. The molecule has 1 N–H and O–H groups in total. The van der Waals surface area contributed by atoms with Gasteiger partial charge in [-0.25, -0.2) is 0 Å². The predicted octanol–water partition coefficient (Wildman–Crippen LogP) is 6.41. The van der Waals surface area contributed by atoms with Crippen molar-refractivity contribution in [2.75, 3.05) is 32.4 Å². The minimum atomic E-state index is -0.171. The zero-order valence-electron chi connectivity index (χ0n) is 23.4. The number of hydrogen-bond acceptors (Lipinski definition) is 8. The van der Waals surface area contributed by atoms with E-state index in [4.69, 9.17) is 18.9 Å². The Hall–Kier alpha value is -4.96. The summed E-state index contributed by atoms with van der Waals surface area (Å²) in [6, 6.07) is 30.3. The fourth-order valence-electron chi connectivity index (χ4n) is 4.26. The minimum Gasteiger partial charge on any atom is -0.497 e. The first-order chi connectivity index (χ1) is 20.6. The van der Waals surface area contributed by atoms with Crippen molar-refractivity contribution in [3.8, 4) is 34.4 Å². The van der Waals surface area contributed by atoms with Gasteiger partial charge in [-0.15, -0.1) is 10.2 Å². The van der Waals surface area contributed by atoms with Gasteiger partial charge in [0.05, 0.1) is 27.1 Å². The van der Waals surface area contributed by atoms with Gasteiger partial charge in [-0.3, -0.25) is 9.36 Å². The van der Waals surface area contributed by atoms with Crippen LogP contribution >= 0.6 is 11.8 Å². The van der Waals surface area contributed by atoms with Crippen molar-refractivity contribution >= 4 is 23.4 Å². The number of nitrogens with one attached hydrogen (secondary N) is 1. The van der Waals surface area contributed by atoms with Gasteiger partial charge in [-0.1, -0.05) is 42.1 Å². The molecule has 0 bridgehead atoms. The van der Waals surface area contributed by atoms with E-state index in [0.717, 1.165) is 17.0 Å². The van der Waals surface area contributed by atoms with E-state index in [2.05, 4.69) is 15.5 Å². The van der Waals surface area contributed by atoms with Crippen molar-refractivity contribution in [3.63, 3.8) is 0 Å². The third kappa shape index (κ3) is 7.02. The van der Waals surface area contributed by atoms with Gasteiger partial charge in [0.25, 0.3) is 0 Å². The zero-order valence-corrected chi connectivity index (χ0v) is 24.3. The van der Waals surface area contributed by atoms with Crippen LogP contribution in [0.15, 0.2) is 102 Å². The maximum Gasteiger partial charge on any atom is 0.234 e. The summed E-state index contributed by atoms with van der Waals surface area (Å²) in [6.45, 7) is 0. The van der Waals surface area contributed by atoms with Crippen molar-refractivity contribution in [2.45, 2.75) is 11.6 Å². The van der Waals surface area contributed by atoms with Crippen molar-refractivity contribution in [2.24, 2.45) is 0 Å². The molecule has 0 saturated heterocycles. The molecule has 1 amide bonds. The molecule has 10 heteroatoms. The fraction of sp³-hybridized carbons (Fsp3) is 0.156. The third-order valence-corrected chi connectivity index (χ3v) is 7.20. The molecular weight excluding hydrogens is 552 g/mol. The highest BCUT2D eigenvalue weighted by Gasteiger charge is 2.18. The average molecular weight is 583 g/mol. The number of benzene rings is 4. The monoisotopic (exact) mass is 582 g/mol. The Labute approximate surface area is 248 Å². The lowest BCUT2D eigenvalue weighted by atomic mass is 10.1. The summed E-state index contributed by atoms with van der Waals surface area (Å²) in [7, 11) is 4.80. The number of carbonyl (C=O) groups excluding carboxylic acids is 1. The summed E-state index contributed by atoms with van der Waals surface area (Å²) in [6.07, 6.45) is 0.478. The normalized spacial score (nSPS) is 10.6. The van der Waals surface area contributed by atoms with E-state index in [0.29, 0.717) is 46.1 Å². The standard InChI is InChI=1S/C32H30N4O5S/c1-38-27-11-7-8-23(20-27)33-31(37)21-42-32-35-34-30(19-22-12-17-28(39-2)29(18-22)40-3)36(32)24-13-15-26(16-14-24)41-25-9-5-4-6-10-25/h4-18,20H,19,21H2,1-3H3,(H,33,37). The topological polar surface area (TPSA) is 96.7 Å². The van der Waals surface area contributed by atoms with Crippen LogP contribution in [0.3, 0.4) is 0 Å². The van der Waals surface area contributed by atoms with Crippen LogP contribution in [0.25, 0.3) is 5.69 Å². The number of hydrogen-bond donors (Lipinski definition) is 1. The molecule has 0 spiro atoms. The lowest BCUT2D eigenvalue weighted by Gasteiger charge is -2.13. The molecule has 1 heterocycles. The SMILES string of the molecule is COc1cccc(NC(=O)CSc2nnc(Cc3ccc(OC)c(OC)c3)n2-c2ccc(Oc3ccccc3)cc2)c1. The molecule has 5 aromatic rings. The van der Waals surface area contributed by atoms with Crippen LogP contribution in [0.4, 0.5) is 5.69 Å². The highest BCUT2D eigenvalue weighted by atomic mass is 32.2. The van der Waals surface area contributed by atoms with Crippen LogP contribution in [0, 0.1) is 0 Å². The Morgan fingerprint density at radius 2 is 1.50 bits per heavy atom. The summed E-state index contributed by atoms with van der Waals surface area (Å²) < 4.78 is 24.0. The number of anilines is 1. The first-order valence-electron chi connectivity index (χ1n) is 13.1. The Kier molecular flexibility index (Phi) is 9.25. The zero-order chi connectivity index (χ0) is 29.3. The molecule has 42 heavy (non-hydrogen) atoms. The average Bonchev–Trinajstić information content (AvgIpc) is 3.43. The van der Waals surface area contributed by atoms with Gasteiger partial charge in [-0.2, -0.15) is 0 Å². The van der Waals surface area contributed by atoms with E-state index in [1.807, 2.05) is 95.6 Å². The Morgan fingerprint density at radius 1 is 0.762 bits per heavy atom. The molecule has 0 unspecified atom stereocenters. The molecule has 9 nitrogen and oxygen atoms in total. The van der Waals surface area contributed by atoms with Gasteiger partial charge < -0.3 is 24.3 Å². The molecule has 0 fully saturated rings. The van der Waals surface area contributed by atoms with E-state index < -0.39 is 0 Å². The summed E-state index contributed by atoms with van der Waals surface area (Å²) in [5, 5.41) is 12.4. The number of para-hydroxylation sites is 1. The number of amides is 1. The molecule has 0 aliphatic rings. The van der Waals surface area contributed by atoms with Crippen molar-refractivity contribution in [3.05, 3.63) is 108 Å². The number of aromatic nitrogens is 3. The number of thioether (sulfide) groups is 1. The molecule has 0 aliphatic heterocycles. The van der Waals surface area contributed by atoms with Crippen molar-refractivity contribution in [1.29, 1.82) is 0 Å². The predicted molar refractivity (Wildman–Crippen MR) is 163 cm³/mol. The Bertz CT molecular complexity index is 1640. The van der Waals surface area contributed by atoms with E-state index in [1.165, 1.54) is 11.8 Å². The fourth-order valence-corrected chi connectivity index (χ4v) is 5.03. The van der Waals surface area contributed by atoms with Crippen LogP contribution in [-0.2, 0) is 11.2 Å². The van der Waals surface area contributed by atoms with Gasteiger partial charge in [0, 0.05) is 23.9 Å². The third-order valence-electron chi connectivity index (χ3n) is 6.27. The Morgan fingerprint density at radius 3 is 2.24 bits per heavy atom. The van der Waals surface area contributed by atoms with E-state index in [9.17, 15) is 4.79 Å². The number of nitrogens with zero attached hydrogens (tertiary/aromatic N) is 3. The van der Waals surface area contributed by atoms with Crippen LogP contribution in [0.2, 0.25) is 0 Å². The molecule has 5 rings (SSSR count). The lowest BCUT2D eigenvalue weighted by molar-refractivity contribution is -0.113. The van der Waals surface area contributed by atoms with Crippen molar-refractivity contribution in [1.82, 2.24) is 14.8 Å². The lowest BCUT2D eigenvalue weighted by Crippen LogP contribution is -2.14. The molecule has 0 radical (unpaired) electrons. The first-order valence-corrected chi connectivity index (χ1v) is 14.1. The van der Waals surface area contributed by atoms with Gasteiger partial charge in [0.2, 0.25) is 5.91 Å². The van der Waals surface area contributed by atoms with Crippen LogP contribution in [-0.4, -0.2) is 47.8 Å². The second-order valence-corrected chi connectivity index (χ2v) is 10.0. The molecule has 214 valence electrons. The summed E-state index contributed by atoms with van der Waals surface area (Å²) in [4.78, 5) is 12.8. The van der Waals surface area contributed by atoms with Crippen LogP contribution < -0.4 is 24.3 Å². The smallest absolute Gasteiger partial charge is 0.234 e. The quantitative estimate of drug-likeness (QED) is 0.169. The highest BCUT2D eigenvalue weighted by Crippen LogP contribution is 2.31. The van der Waals surface area contributed by atoms with E-state index in [-0.39, 0.29) is 11.7 Å². The number of rotatable bonds is 12. The maximum atomic E-state index is 12.8. The van der Waals surface area contributed by atoms with E-state index >= 15 is 0 Å². The molecule has 0 atom stereocenters. The van der Waals surface area contributed by atoms with E-state index in [1.54, 1.807) is 27.4 Å². The second kappa shape index (κ2) is 13.6. The number of methoxy groups -OCH3 is 3. The van der Waals surface area contributed by atoms with Gasteiger partial charge in [0.15, 0.2) is 16.7 Å².